The molecule has 1 aromatic rings. The maximum absolute atomic E-state index is 12.1. The molecule has 3 N–H and O–H groups in total. The Hall–Kier alpha value is -1.44. The van der Waals surface area contributed by atoms with Gasteiger partial charge in [-0.1, -0.05) is 0 Å². The molecule has 1 fully saturated rings. The van der Waals surface area contributed by atoms with Gasteiger partial charge in [0.15, 0.2) is 0 Å². The first-order chi connectivity index (χ1) is 9.03. The van der Waals surface area contributed by atoms with Crippen LogP contribution in [0.15, 0.2) is 29.2 Å². The van der Waals surface area contributed by atoms with Crippen LogP contribution >= 0.6 is 0 Å². The molecule has 1 aromatic carbocycles. The van der Waals surface area contributed by atoms with Crippen LogP contribution in [0, 0.1) is 0 Å². The second-order valence-corrected chi connectivity index (χ2v) is 6.13. The number of carbonyl (C=O) groups excluding carboxylic acids is 1. The smallest absolute Gasteiger partial charge is 0.251 e. The van der Waals surface area contributed by atoms with Crippen molar-refractivity contribution >= 4 is 15.9 Å². The van der Waals surface area contributed by atoms with E-state index in [9.17, 15) is 13.2 Å². The highest BCUT2D eigenvalue weighted by atomic mass is 32.2. The van der Waals surface area contributed by atoms with E-state index < -0.39 is 10.0 Å². The van der Waals surface area contributed by atoms with Gasteiger partial charge < -0.3 is 10.6 Å². The molecule has 1 aliphatic heterocycles. The van der Waals surface area contributed by atoms with Crippen LogP contribution in [0.5, 0.6) is 0 Å². The standard InChI is InChI=1S/C12H17N3O3S/c1-13-12(16)9-2-4-11(5-3-9)19(17,18)15-10-6-7-14-8-10/h2-5,10,14-15H,6-8H2,1H3,(H,13,16)/t10-/m1/s1. The Labute approximate surface area is 112 Å². The van der Waals surface area contributed by atoms with Crippen molar-refractivity contribution in [3.8, 4) is 0 Å². The molecule has 0 aromatic heterocycles. The summed E-state index contributed by atoms with van der Waals surface area (Å²) in [6.45, 7) is 1.47. The average Bonchev–Trinajstić information content (AvgIpc) is 2.90. The molecular formula is C12H17N3O3S. The number of nitrogens with one attached hydrogen (secondary N) is 3. The Morgan fingerprint density at radius 2 is 2.00 bits per heavy atom. The number of amides is 1. The second-order valence-electron chi connectivity index (χ2n) is 4.41. The summed E-state index contributed by atoms with van der Waals surface area (Å²) in [5.41, 5.74) is 0.434. The zero-order valence-electron chi connectivity index (χ0n) is 10.6. The van der Waals surface area contributed by atoms with E-state index in [2.05, 4.69) is 15.4 Å². The summed E-state index contributed by atoms with van der Waals surface area (Å²) in [4.78, 5) is 11.5. The molecule has 7 heteroatoms. The van der Waals surface area contributed by atoms with Gasteiger partial charge in [0.1, 0.15) is 0 Å². The molecule has 0 saturated carbocycles. The fraction of sp³-hybridized carbons (Fsp3) is 0.417. The van der Waals surface area contributed by atoms with Gasteiger partial charge in [-0.15, -0.1) is 0 Å². The Balaban J connectivity index is 2.14. The number of rotatable bonds is 4. The summed E-state index contributed by atoms with van der Waals surface area (Å²) in [5, 5.41) is 5.58. The minimum absolute atomic E-state index is 0.0661. The maximum Gasteiger partial charge on any atom is 0.251 e. The Morgan fingerprint density at radius 3 is 2.53 bits per heavy atom. The zero-order valence-corrected chi connectivity index (χ0v) is 11.5. The van der Waals surface area contributed by atoms with Gasteiger partial charge in [-0.25, -0.2) is 13.1 Å². The molecule has 1 heterocycles. The van der Waals surface area contributed by atoms with Crippen LogP contribution in [0.1, 0.15) is 16.8 Å². The summed E-state index contributed by atoms with van der Waals surface area (Å²) < 4.78 is 26.8. The molecular weight excluding hydrogens is 266 g/mol. The maximum atomic E-state index is 12.1. The molecule has 1 atom stereocenters. The van der Waals surface area contributed by atoms with Crippen LogP contribution in [0.2, 0.25) is 0 Å². The van der Waals surface area contributed by atoms with Crippen LogP contribution in [0.3, 0.4) is 0 Å². The third kappa shape index (κ3) is 3.31. The molecule has 1 aliphatic rings. The van der Waals surface area contributed by atoms with Crippen molar-refractivity contribution in [2.75, 3.05) is 20.1 Å². The molecule has 1 saturated heterocycles. The monoisotopic (exact) mass is 283 g/mol. The van der Waals surface area contributed by atoms with Crippen molar-refractivity contribution in [1.82, 2.24) is 15.4 Å². The fourth-order valence-corrected chi connectivity index (χ4v) is 3.24. The van der Waals surface area contributed by atoms with Crippen LogP contribution in [-0.2, 0) is 10.0 Å². The predicted molar refractivity (Wildman–Crippen MR) is 71.4 cm³/mol. The van der Waals surface area contributed by atoms with Gasteiger partial charge in [-0.05, 0) is 37.2 Å². The number of hydrogen-bond acceptors (Lipinski definition) is 4. The number of benzene rings is 1. The largest absolute Gasteiger partial charge is 0.355 e. The number of sulfonamides is 1. The molecule has 1 amide bonds. The van der Waals surface area contributed by atoms with Gasteiger partial charge in [0.05, 0.1) is 4.90 Å². The minimum Gasteiger partial charge on any atom is -0.355 e. The van der Waals surface area contributed by atoms with Gasteiger partial charge in [0, 0.05) is 25.2 Å². The molecule has 104 valence electrons. The van der Waals surface area contributed by atoms with E-state index in [-0.39, 0.29) is 16.8 Å². The normalized spacial score (nSPS) is 19.3. The summed E-state index contributed by atoms with van der Waals surface area (Å²) in [6.07, 6.45) is 0.787. The van der Waals surface area contributed by atoms with Crippen LogP contribution < -0.4 is 15.4 Å². The van der Waals surface area contributed by atoms with E-state index in [1.165, 1.54) is 31.3 Å². The third-order valence-corrected chi connectivity index (χ3v) is 4.57. The van der Waals surface area contributed by atoms with Crippen molar-refractivity contribution in [3.63, 3.8) is 0 Å². The van der Waals surface area contributed by atoms with E-state index in [1.807, 2.05) is 0 Å². The molecule has 0 radical (unpaired) electrons. The fourth-order valence-electron chi connectivity index (χ4n) is 1.97. The Kier molecular flexibility index (Phi) is 4.18. The van der Waals surface area contributed by atoms with Crippen molar-refractivity contribution in [2.45, 2.75) is 17.4 Å². The summed E-state index contributed by atoms with van der Waals surface area (Å²) in [7, 11) is -1.99. The highest BCUT2D eigenvalue weighted by molar-refractivity contribution is 7.89. The third-order valence-electron chi connectivity index (χ3n) is 3.04. The van der Waals surface area contributed by atoms with E-state index in [1.54, 1.807) is 0 Å². The first kappa shape index (κ1) is 14.0. The molecule has 0 unspecified atom stereocenters. The first-order valence-electron chi connectivity index (χ1n) is 6.08. The van der Waals surface area contributed by atoms with Crippen LogP contribution in [-0.4, -0.2) is 40.5 Å². The molecule has 0 aliphatic carbocycles. The lowest BCUT2D eigenvalue weighted by Crippen LogP contribution is -2.36. The summed E-state index contributed by atoms with van der Waals surface area (Å²) in [5.74, 6) is -0.239. The van der Waals surface area contributed by atoms with Gasteiger partial charge in [-0.3, -0.25) is 4.79 Å². The van der Waals surface area contributed by atoms with Crippen LogP contribution in [0.25, 0.3) is 0 Å². The van der Waals surface area contributed by atoms with Crippen molar-refractivity contribution < 1.29 is 13.2 Å². The highest BCUT2D eigenvalue weighted by Crippen LogP contribution is 2.12. The lowest BCUT2D eigenvalue weighted by Gasteiger charge is -2.12. The highest BCUT2D eigenvalue weighted by Gasteiger charge is 2.22. The Bertz CT molecular complexity index is 548. The number of carbonyl (C=O) groups is 1. The van der Waals surface area contributed by atoms with Gasteiger partial charge in [0.2, 0.25) is 10.0 Å². The number of hydrogen-bond donors (Lipinski definition) is 3. The lowest BCUT2D eigenvalue weighted by molar-refractivity contribution is 0.0963. The Morgan fingerprint density at radius 1 is 1.32 bits per heavy atom. The average molecular weight is 283 g/mol. The van der Waals surface area contributed by atoms with E-state index in [0.717, 1.165) is 13.0 Å². The molecule has 2 rings (SSSR count). The van der Waals surface area contributed by atoms with Gasteiger partial charge >= 0.3 is 0 Å². The summed E-state index contributed by atoms with van der Waals surface area (Å²) >= 11 is 0. The second kappa shape index (κ2) is 5.68. The lowest BCUT2D eigenvalue weighted by atomic mass is 10.2. The van der Waals surface area contributed by atoms with Crippen LogP contribution in [0.4, 0.5) is 0 Å². The molecule has 6 nitrogen and oxygen atoms in total. The van der Waals surface area contributed by atoms with E-state index in [0.29, 0.717) is 12.1 Å². The topological polar surface area (TPSA) is 87.3 Å². The van der Waals surface area contributed by atoms with Crippen molar-refractivity contribution in [3.05, 3.63) is 29.8 Å². The van der Waals surface area contributed by atoms with Gasteiger partial charge in [0.25, 0.3) is 5.91 Å². The first-order valence-corrected chi connectivity index (χ1v) is 7.56. The quantitative estimate of drug-likeness (QED) is 0.707. The zero-order chi connectivity index (χ0) is 13.9. The SMILES string of the molecule is CNC(=O)c1ccc(S(=O)(=O)N[C@@H]2CCNC2)cc1. The van der Waals surface area contributed by atoms with E-state index >= 15 is 0 Å². The van der Waals surface area contributed by atoms with Crippen molar-refractivity contribution in [2.24, 2.45) is 0 Å². The minimum atomic E-state index is -3.51. The summed E-state index contributed by atoms with van der Waals surface area (Å²) in [6, 6.07) is 5.81. The van der Waals surface area contributed by atoms with Gasteiger partial charge in [-0.2, -0.15) is 0 Å². The molecule has 0 spiro atoms. The van der Waals surface area contributed by atoms with E-state index in [4.69, 9.17) is 0 Å². The molecule has 19 heavy (non-hydrogen) atoms. The predicted octanol–water partition coefficient (Wildman–Crippen LogP) is -0.314. The van der Waals surface area contributed by atoms with Crippen molar-refractivity contribution in [1.29, 1.82) is 0 Å². The molecule has 0 bridgehead atoms.